The van der Waals surface area contributed by atoms with Crippen molar-refractivity contribution in [3.63, 3.8) is 0 Å². The summed E-state index contributed by atoms with van der Waals surface area (Å²) in [5.74, 6) is 1.76. The van der Waals surface area contributed by atoms with Crippen molar-refractivity contribution in [1.82, 2.24) is 20.4 Å². The van der Waals surface area contributed by atoms with Gasteiger partial charge in [-0.05, 0) is 50.2 Å². The van der Waals surface area contributed by atoms with Gasteiger partial charge in [-0.1, -0.05) is 42.5 Å². The van der Waals surface area contributed by atoms with E-state index in [1.54, 1.807) is 7.11 Å². The maximum Gasteiger partial charge on any atom is 0.191 e. The van der Waals surface area contributed by atoms with E-state index in [9.17, 15) is 0 Å². The molecule has 2 aromatic rings. The van der Waals surface area contributed by atoms with Gasteiger partial charge in [0.05, 0.1) is 13.2 Å². The second kappa shape index (κ2) is 13.6. The van der Waals surface area contributed by atoms with Crippen LogP contribution in [0, 0.1) is 0 Å². The normalized spacial score (nSPS) is 16.3. The largest absolute Gasteiger partial charge is 0.497 e. The second-order valence-electron chi connectivity index (χ2n) is 8.39. The van der Waals surface area contributed by atoms with Gasteiger partial charge in [-0.25, -0.2) is 0 Å². The molecule has 1 heterocycles. The summed E-state index contributed by atoms with van der Waals surface area (Å²) in [4.78, 5) is 9.23. The number of nitrogens with one attached hydrogen (secondary N) is 2. The van der Waals surface area contributed by atoms with Gasteiger partial charge < -0.3 is 20.3 Å². The van der Waals surface area contributed by atoms with Crippen LogP contribution in [0.2, 0.25) is 0 Å². The van der Waals surface area contributed by atoms with Gasteiger partial charge in [0.2, 0.25) is 0 Å². The Kier molecular flexibility index (Phi) is 11.3. The molecule has 1 aliphatic heterocycles. The molecule has 0 aliphatic carbocycles. The summed E-state index contributed by atoms with van der Waals surface area (Å²) >= 11 is 0. The van der Waals surface area contributed by atoms with E-state index in [0.29, 0.717) is 6.04 Å². The highest BCUT2D eigenvalue weighted by Gasteiger charge is 2.21. The van der Waals surface area contributed by atoms with Crippen LogP contribution in [-0.2, 0) is 6.54 Å². The van der Waals surface area contributed by atoms with Crippen molar-refractivity contribution >= 4 is 29.9 Å². The third kappa shape index (κ3) is 7.94. The molecule has 32 heavy (non-hydrogen) atoms. The minimum Gasteiger partial charge on any atom is -0.497 e. The summed E-state index contributed by atoms with van der Waals surface area (Å²) in [5.41, 5.74) is 2.64. The first kappa shape index (κ1) is 26.4. The van der Waals surface area contributed by atoms with Crippen molar-refractivity contribution in [3.05, 3.63) is 65.7 Å². The highest BCUT2D eigenvalue weighted by atomic mass is 127. The fourth-order valence-corrected chi connectivity index (χ4v) is 4.08. The van der Waals surface area contributed by atoms with Gasteiger partial charge in [-0.3, -0.25) is 9.89 Å². The minimum atomic E-state index is 0. The molecule has 0 bridgehead atoms. The first-order chi connectivity index (χ1) is 15.1. The second-order valence-corrected chi connectivity index (χ2v) is 8.39. The molecule has 3 rings (SSSR count). The lowest BCUT2D eigenvalue weighted by atomic mass is 10.0. The van der Waals surface area contributed by atoms with Gasteiger partial charge in [-0.2, -0.15) is 0 Å². The number of hydrogen-bond donors (Lipinski definition) is 2. The zero-order valence-electron chi connectivity index (χ0n) is 19.8. The average molecular weight is 552 g/mol. The Hall–Kier alpha value is -1.84. The number of guanidine groups is 1. The van der Waals surface area contributed by atoms with Gasteiger partial charge in [0.1, 0.15) is 5.75 Å². The molecular weight excluding hydrogens is 513 g/mol. The highest BCUT2D eigenvalue weighted by molar-refractivity contribution is 14.0. The quantitative estimate of drug-likeness (QED) is 0.298. The Labute approximate surface area is 210 Å². The Balaban J connectivity index is 0.00000363. The molecule has 0 saturated carbocycles. The minimum absolute atomic E-state index is 0. The summed E-state index contributed by atoms with van der Waals surface area (Å²) in [6, 6.07) is 19.7. The molecule has 1 atom stereocenters. The van der Waals surface area contributed by atoms with Crippen LogP contribution in [0.15, 0.2) is 59.6 Å². The third-order valence-corrected chi connectivity index (χ3v) is 5.99. The number of methoxy groups -OCH3 is 1. The Bertz CT molecular complexity index is 805. The lowest BCUT2D eigenvalue weighted by Gasteiger charge is -2.33. The van der Waals surface area contributed by atoms with E-state index in [0.717, 1.165) is 50.7 Å². The highest BCUT2D eigenvalue weighted by Crippen LogP contribution is 2.21. The van der Waals surface area contributed by atoms with Crippen molar-refractivity contribution in [2.75, 3.05) is 47.9 Å². The van der Waals surface area contributed by atoms with Gasteiger partial charge >= 0.3 is 0 Å². The van der Waals surface area contributed by atoms with Crippen LogP contribution in [-0.4, -0.2) is 69.7 Å². The number of rotatable bonds is 8. The van der Waals surface area contributed by atoms with E-state index in [1.165, 1.54) is 11.1 Å². The van der Waals surface area contributed by atoms with Crippen LogP contribution >= 0.6 is 24.0 Å². The molecule has 1 unspecified atom stereocenters. The van der Waals surface area contributed by atoms with Crippen molar-refractivity contribution in [2.24, 2.45) is 4.99 Å². The van der Waals surface area contributed by atoms with Gasteiger partial charge in [0.25, 0.3) is 0 Å². The number of benzene rings is 2. The number of aliphatic imine (C=N–C) groups is 1. The molecule has 0 amide bonds. The number of likely N-dealkylation sites (N-methyl/N-ethyl adjacent to an activating group) is 1. The van der Waals surface area contributed by atoms with E-state index in [2.05, 4.69) is 82.0 Å². The maximum absolute atomic E-state index is 5.29. The molecule has 2 aromatic carbocycles. The van der Waals surface area contributed by atoms with Crippen LogP contribution in [0.1, 0.15) is 30.0 Å². The lowest BCUT2D eigenvalue weighted by Crippen LogP contribution is -2.49. The molecule has 7 heteroatoms. The fraction of sp³-hybridized carbons (Fsp3) is 0.480. The fourth-order valence-electron chi connectivity index (χ4n) is 4.08. The molecule has 1 saturated heterocycles. The molecule has 2 N–H and O–H groups in total. The Morgan fingerprint density at radius 3 is 2.31 bits per heavy atom. The number of piperidine rings is 1. The predicted molar refractivity (Wildman–Crippen MR) is 144 cm³/mol. The molecule has 6 nitrogen and oxygen atoms in total. The summed E-state index contributed by atoms with van der Waals surface area (Å²) < 4.78 is 5.29. The van der Waals surface area contributed by atoms with E-state index in [1.807, 2.05) is 19.2 Å². The van der Waals surface area contributed by atoms with E-state index in [-0.39, 0.29) is 30.0 Å². The topological polar surface area (TPSA) is 52.1 Å². The number of nitrogens with zero attached hydrogens (tertiary/aromatic N) is 3. The van der Waals surface area contributed by atoms with Crippen molar-refractivity contribution in [2.45, 2.75) is 31.5 Å². The number of halogens is 1. The summed E-state index contributed by atoms with van der Waals surface area (Å²) in [7, 11) is 7.75. The van der Waals surface area contributed by atoms with Crippen molar-refractivity contribution < 1.29 is 4.74 Å². The first-order valence-corrected chi connectivity index (χ1v) is 11.1. The summed E-state index contributed by atoms with van der Waals surface area (Å²) in [6.07, 6.45) is 2.26. The number of likely N-dealkylation sites (tertiary alicyclic amines) is 1. The molecule has 0 aromatic heterocycles. The predicted octanol–water partition coefficient (Wildman–Crippen LogP) is 3.75. The van der Waals surface area contributed by atoms with Crippen LogP contribution < -0.4 is 15.4 Å². The van der Waals surface area contributed by atoms with Crippen LogP contribution in [0.3, 0.4) is 0 Å². The first-order valence-electron chi connectivity index (χ1n) is 11.1. The van der Waals surface area contributed by atoms with Gasteiger partial charge in [0.15, 0.2) is 5.96 Å². The lowest BCUT2D eigenvalue weighted by molar-refractivity contribution is 0.198. The smallest absolute Gasteiger partial charge is 0.191 e. The molecule has 1 fully saturated rings. The van der Waals surface area contributed by atoms with Crippen LogP contribution in [0.4, 0.5) is 0 Å². The average Bonchev–Trinajstić information content (AvgIpc) is 2.80. The summed E-state index contributed by atoms with van der Waals surface area (Å²) in [6.45, 7) is 4.03. The van der Waals surface area contributed by atoms with Gasteiger partial charge in [-0.15, -0.1) is 24.0 Å². The Morgan fingerprint density at radius 2 is 1.75 bits per heavy atom. The number of hydrogen-bond acceptors (Lipinski definition) is 4. The standard InChI is InChI=1S/C25H37N5O.HI/c1-26-25(27-18-24(29(2)3)21-10-12-23(31-4)13-11-21)28-22-14-16-30(17-15-22)19-20-8-6-5-7-9-20;/h5-13,22,24H,14-19H2,1-4H3,(H2,26,27,28);1H. The number of ether oxygens (including phenoxy) is 1. The zero-order chi connectivity index (χ0) is 22.1. The van der Waals surface area contributed by atoms with Crippen LogP contribution in [0.25, 0.3) is 0 Å². The van der Waals surface area contributed by atoms with Crippen molar-refractivity contribution in [3.8, 4) is 5.75 Å². The molecule has 1 aliphatic rings. The maximum atomic E-state index is 5.29. The molecule has 0 spiro atoms. The van der Waals surface area contributed by atoms with E-state index in [4.69, 9.17) is 4.74 Å². The van der Waals surface area contributed by atoms with Gasteiger partial charge in [0, 0.05) is 39.3 Å². The third-order valence-electron chi connectivity index (χ3n) is 5.99. The van der Waals surface area contributed by atoms with E-state index < -0.39 is 0 Å². The summed E-state index contributed by atoms with van der Waals surface area (Å²) in [5, 5.41) is 7.16. The SMILES string of the molecule is CN=C(NCC(c1ccc(OC)cc1)N(C)C)NC1CCN(Cc2ccccc2)CC1.I. The molecule has 0 radical (unpaired) electrons. The monoisotopic (exact) mass is 551 g/mol. The van der Waals surface area contributed by atoms with Crippen LogP contribution in [0.5, 0.6) is 5.75 Å². The van der Waals surface area contributed by atoms with Crippen molar-refractivity contribution in [1.29, 1.82) is 0 Å². The molecule has 176 valence electrons. The molecular formula is C25H38IN5O. The zero-order valence-corrected chi connectivity index (χ0v) is 22.1. The van der Waals surface area contributed by atoms with E-state index >= 15 is 0 Å². The Morgan fingerprint density at radius 1 is 1.09 bits per heavy atom.